The van der Waals surface area contributed by atoms with Gasteiger partial charge in [0.05, 0.1) is 38.1 Å². The predicted molar refractivity (Wildman–Crippen MR) is 79.0 cm³/mol. The summed E-state index contributed by atoms with van der Waals surface area (Å²) in [5.41, 5.74) is 6.39. The highest BCUT2D eigenvalue weighted by atomic mass is 32.2. The average molecular weight is 310 g/mol. The van der Waals surface area contributed by atoms with Crippen LogP contribution in [0.15, 0.2) is 17.3 Å². The van der Waals surface area contributed by atoms with Crippen molar-refractivity contribution in [2.24, 2.45) is 5.41 Å². The highest BCUT2D eigenvalue weighted by Gasteiger charge is 2.44. The number of nitrogen functional groups attached to an aromatic ring is 1. The number of nitrogens with zero attached hydrogens (tertiary/aromatic N) is 1. The van der Waals surface area contributed by atoms with Crippen molar-refractivity contribution < 1.29 is 19.1 Å². The molecule has 1 heterocycles. The van der Waals surface area contributed by atoms with Gasteiger partial charge in [0.15, 0.2) is 0 Å². The lowest BCUT2D eigenvalue weighted by atomic mass is 10.1. The first kappa shape index (κ1) is 15.6. The van der Waals surface area contributed by atoms with E-state index >= 15 is 0 Å². The van der Waals surface area contributed by atoms with Crippen LogP contribution in [0.1, 0.15) is 29.6 Å². The van der Waals surface area contributed by atoms with Crippen molar-refractivity contribution >= 4 is 29.4 Å². The molecule has 0 amide bonds. The Balaban J connectivity index is 2.06. The van der Waals surface area contributed by atoms with Crippen molar-refractivity contribution in [1.82, 2.24) is 4.98 Å². The lowest BCUT2D eigenvalue weighted by Crippen LogP contribution is -2.14. The number of hydrogen-bond donors (Lipinski definition) is 1. The van der Waals surface area contributed by atoms with E-state index in [2.05, 4.69) is 4.98 Å². The largest absolute Gasteiger partial charge is 0.469 e. The lowest BCUT2D eigenvalue weighted by molar-refractivity contribution is -0.141. The zero-order valence-electron chi connectivity index (χ0n) is 12.0. The molecule has 1 aromatic heterocycles. The Morgan fingerprint density at radius 3 is 2.67 bits per heavy atom. The molecule has 0 radical (unpaired) electrons. The van der Waals surface area contributed by atoms with Gasteiger partial charge in [-0.1, -0.05) is 0 Å². The minimum atomic E-state index is -0.463. The van der Waals surface area contributed by atoms with Crippen molar-refractivity contribution in [1.29, 1.82) is 0 Å². The van der Waals surface area contributed by atoms with Gasteiger partial charge in [-0.05, 0) is 24.3 Å². The summed E-state index contributed by atoms with van der Waals surface area (Å²) in [4.78, 5) is 27.4. The van der Waals surface area contributed by atoms with Crippen LogP contribution in [0.5, 0.6) is 0 Å². The summed E-state index contributed by atoms with van der Waals surface area (Å²) in [7, 11) is 2.71. The Labute approximate surface area is 127 Å². The number of aromatic nitrogens is 1. The second-order valence-electron chi connectivity index (χ2n) is 5.15. The van der Waals surface area contributed by atoms with E-state index in [9.17, 15) is 9.59 Å². The van der Waals surface area contributed by atoms with Gasteiger partial charge in [0.2, 0.25) is 0 Å². The molecule has 0 aliphatic heterocycles. The number of thioether (sulfide) groups is 1. The Bertz CT molecular complexity index is 558. The average Bonchev–Trinajstić information content (AvgIpc) is 3.24. The third-order valence-corrected chi connectivity index (χ3v) is 4.85. The Morgan fingerprint density at radius 1 is 1.38 bits per heavy atom. The van der Waals surface area contributed by atoms with E-state index in [0.29, 0.717) is 28.5 Å². The number of methoxy groups -OCH3 is 2. The molecule has 0 spiro atoms. The van der Waals surface area contributed by atoms with E-state index in [4.69, 9.17) is 15.2 Å². The van der Waals surface area contributed by atoms with Gasteiger partial charge >= 0.3 is 11.9 Å². The van der Waals surface area contributed by atoms with Crippen LogP contribution in [0.25, 0.3) is 0 Å². The predicted octanol–water partition coefficient (Wildman–Crippen LogP) is 1.89. The number of rotatable bonds is 6. The van der Waals surface area contributed by atoms with Crippen molar-refractivity contribution in [2.45, 2.75) is 24.3 Å². The van der Waals surface area contributed by atoms with Gasteiger partial charge < -0.3 is 15.2 Å². The monoisotopic (exact) mass is 310 g/mol. The van der Waals surface area contributed by atoms with Crippen LogP contribution in [0.2, 0.25) is 0 Å². The minimum absolute atomic E-state index is 0.0335. The van der Waals surface area contributed by atoms with Crippen molar-refractivity contribution in [2.75, 3.05) is 25.7 Å². The number of anilines is 1. The first-order chi connectivity index (χ1) is 9.99. The first-order valence-corrected chi connectivity index (χ1v) is 7.52. The van der Waals surface area contributed by atoms with Gasteiger partial charge in [0.1, 0.15) is 5.03 Å². The number of ether oxygens (including phenoxy) is 2. The van der Waals surface area contributed by atoms with E-state index in [1.54, 1.807) is 6.07 Å². The first-order valence-electron chi connectivity index (χ1n) is 6.53. The molecule has 2 N–H and O–H groups in total. The molecule has 1 aliphatic rings. The van der Waals surface area contributed by atoms with Crippen LogP contribution < -0.4 is 5.73 Å². The second kappa shape index (κ2) is 6.34. The Hall–Kier alpha value is -1.76. The normalized spacial score (nSPS) is 15.3. The summed E-state index contributed by atoms with van der Waals surface area (Å²) in [6.07, 6.45) is 3.88. The summed E-state index contributed by atoms with van der Waals surface area (Å²) in [5.74, 6) is 0.0462. The summed E-state index contributed by atoms with van der Waals surface area (Å²) in [5, 5.41) is 0.576. The van der Waals surface area contributed by atoms with Gasteiger partial charge in [-0.2, -0.15) is 0 Å². The second-order valence-corrected chi connectivity index (χ2v) is 6.12. The lowest BCUT2D eigenvalue weighted by Gasteiger charge is -2.14. The van der Waals surface area contributed by atoms with E-state index in [1.165, 1.54) is 32.2 Å². The quantitative estimate of drug-likeness (QED) is 0.633. The molecule has 1 saturated carbocycles. The Kier molecular flexibility index (Phi) is 4.72. The number of esters is 2. The molecule has 2 rings (SSSR count). The van der Waals surface area contributed by atoms with E-state index in [0.717, 1.165) is 12.8 Å². The fraction of sp³-hybridized carbons (Fsp3) is 0.500. The van der Waals surface area contributed by atoms with Crippen LogP contribution >= 0.6 is 11.8 Å². The van der Waals surface area contributed by atoms with Crippen LogP contribution in [-0.2, 0) is 14.3 Å². The van der Waals surface area contributed by atoms with Gasteiger partial charge in [-0.25, -0.2) is 9.78 Å². The molecular formula is C14H18N2O4S. The molecule has 21 heavy (non-hydrogen) atoms. The maximum absolute atomic E-state index is 11.7. The number of pyridine rings is 1. The van der Waals surface area contributed by atoms with Gasteiger partial charge in [-0.3, -0.25) is 4.79 Å². The number of hydrogen-bond acceptors (Lipinski definition) is 7. The molecule has 6 nitrogen and oxygen atoms in total. The molecule has 0 bridgehead atoms. The van der Waals surface area contributed by atoms with Crippen molar-refractivity contribution in [3.05, 3.63) is 17.8 Å². The van der Waals surface area contributed by atoms with E-state index in [-0.39, 0.29) is 11.4 Å². The van der Waals surface area contributed by atoms with E-state index < -0.39 is 5.97 Å². The highest BCUT2D eigenvalue weighted by molar-refractivity contribution is 7.99. The molecular weight excluding hydrogens is 292 g/mol. The zero-order valence-corrected chi connectivity index (χ0v) is 12.9. The molecule has 1 aliphatic carbocycles. The smallest absolute Gasteiger partial charge is 0.340 e. The molecule has 114 valence electrons. The summed E-state index contributed by atoms with van der Waals surface area (Å²) >= 11 is 1.45. The van der Waals surface area contributed by atoms with Crippen molar-refractivity contribution in [3.63, 3.8) is 0 Å². The topological polar surface area (TPSA) is 91.5 Å². The molecule has 0 saturated heterocycles. The molecule has 7 heteroatoms. The summed E-state index contributed by atoms with van der Waals surface area (Å²) < 4.78 is 9.46. The fourth-order valence-corrected chi connectivity index (χ4v) is 3.25. The molecule has 0 aromatic carbocycles. The fourth-order valence-electron chi connectivity index (χ4n) is 1.99. The zero-order chi connectivity index (χ0) is 15.5. The van der Waals surface area contributed by atoms with Crippen LogP contribution in [0.3, 0.4) is 0 Å². The van der Waals surface area contributed by atoms with E-state index in [1.807, 2.05) is 0 Å². The maximum Gasteiger partial charge on any atom is 0.340 e. The maximum atomic E-state index is 11.7. The van der Waals surface area contributed by atoms with Gasteiger partial charge in [0.25, 0.3) is 0 Å². The number of carbonyl (C=O) groups excluding carboxylic acids is 2. The Morgan fingerprint density at radius 2 is 2.10 bits per heavy atom. The number of nitrogens with two attached hydrogens (primary N) is 1. The van der Waals surface area contributed by atoms with Crippen molar-refractivity contribution in [3.8, 4) is 0 Å². The van der Waals surface area contributed by atoms with Gasteiger partial charge in [-0.15, -0.1) is 11.8 Å². The van der Waals surface area contributed by atoms with Crippen LogP contribution in [0, 0.1) is 5.41 Å². The molecule has 0 unspecified atom stereocenters. The highest BCUT2D eigenvalue weighted by Crippen LogP contribution is 2.52. The summed E-state index contributed by atoms with van der Waals surface area (Å²) in [6.45, 7) is 0. The standard InChI is InChI=1S/C14H18N2O4S/c1-19-11(17)6-14(3-4-14)8-21-12-10(13(18)20-2)5-9(15)7-16-12/h5,7H,3-4,6,8,15H2,1-2H3. The SMILES string of the molecule is COC(=O)CC1(CSc2ncc(N)cc2C(=O)OC)CC1. The minimum Gasteiger partial charge on any atom is -0.469 e. The molecule has 1 fully saturated rings. The number of carbonyl (C=O) groups is 2. The third kappa shape index (κ3) is 3.87. The van der Waals surface area contributed by atoms with Crippen LogP contribution in [0.4, 0.5) is 5.69 Å². The van der Waals surface area contributed by atoms with Crippen LogP contribution in [-0.4, -0.2) is 36.9 Å². The summed E-state index contributed by atoms with van der Waals surface area (Å²) in [6, 6.07) is 1.56. The van der Waals surface area contributed by atoms with Gasteiger partial charge in [0, 0.05) is 5.75 Å². The molecule has 0 atom stereocenters. The third-order valence-electron chi connectivity index (χ3n) is 3.50. The molecule has 1 aromatic rings.